The molecule has 0 atom stereocenters. The number of carbonyl (C=O) groups is 1. The lowest BCUT2D eigenvalue weighted by atomic mass is 10.2. The maximum absolute atomic E-state index is 13.5. The van der Waals surface area contributed by atoms with Crippen molar-refractivity contribution in [3.05, 3.63) is 58.6 Å². The number of esters is 1. The summed E-state index contributed by atoms with van der Waals surface area (Å²) < 4.78 is 36.4. The van der Waals surface area contributed by atoms with Crippen LogP contribution >= 0.6 is 11.6 Å². The third-order valence-corrected chi connectivity index (χ3v) is 2.72. The Morgan fingerprint density at radius 3 is 2.60 bits per heavy atom. The van der Waals surface area contributed by atoms with Gasteiger partial charge in [-0.25, -0.2) is 9.18 Å². The van der Waals surface area contributed by atoms with Gasteiger partial charge in [-0.15, -0.1) is 0 Å². The maximum atomic E-state index is 13.5. The molecule has 0 heterocycles. The molecule has 2 rings (SSSR count). The summed E-state index contributed by atoms with van der Waals surface area (Å²) in [6, 6.07) is 7.65. The Morgan fingerprint density at radius 2 is 1.90 bits per heavy atom. The summed E-state index contributed by atoms with van der Waals surface area (Å²) in [5.41, 5.74) is 0.0173. The first-order chi connectivity index (χ1) is 9.52. The highest BCUT2D eigenvalue weighted by atomic mass is 35.5. The van der Waals surface area contributed by atoms with E-state index in [1.54, 1.807) is 0 Å². The van der Waals surface area contributed by atoms with E-state index in [1.807, 2.05) is 0 Å². The van der Waals surface area contributed by atoms with E-state index in [-0.39, 0.29) is 22.1 Å². The van der Waals surface area contributed by atoms with E-state index in [1.165, 1.54) is 37.4 Å². The summed E-state index contributed by atoms with van der Waals surface area (Å²) in [6.07, 6.45) is 0. The summed E-state index contributed by atoms with van der Waals surface area (Å²) >= 11 is 5.78. The topological polar surface area (TPSA) is 35.5 Å². The van der Waals surface area contributed by atoms with Crippen molar-refractivity contribution in [2.45, 2.75) is 0 Å². The highest BCUT2D eigenvalue weighted by Crippen LogP contribution is 2.30. The van der Waals surface area contributed by atoms with Crippen LogP contribution in [0.25, 0.3) is 0 Å². The van der Waals surface area contributed by atoms with Crippen LogP contribution < -0.4 is 4.74 Å². The van der Waals surface area contributed by atoms with Crippen LogP contribution in [0.1, 0.15) is 10.4 Å². The fourth-order valence-corrected chi connectivity index (χ4v) is 1.71. The first kappa shape index (κ1) is 14.3. The van der Waals surface area contributed by atoms with Gasteiger partial charge in [0.15, 0.2) is 11.6 Å². The Bertz CT molecular complexity index is 659. The molecule has 2 aromatic carbocycles. The molecule has 0 aliphatic heterocycles. The summed E-state index contributed by atoms with van der Waals surface area (Å²) in [5, 5.41) is 0.289. The molecule has 20 heavy (non-hydrogen) atoms. The molecule has 0 saturated heterocycles. The van der Waals surface area contributed by atoms with Gasteiger partial charge in [0.05, 0.1) is 7.11 Å². The fraction of sp³-hybridized carbons (Fsp3) is 0.0714. The zero-order chi connectivity index (χ0) is 14.7. The molecule has 0 bridgehead atoms. The summed E-state index contributed by atoms with van der Waals surface area (Å²) in [4.78, 5) is 11.6. The Labute approximate surface area is 118 Å². The number of carbonyl (C=O) groups excluding carboxylic acids is 1. The highest BCUT2D eigenvalue weighted by Gasteiger charge is 2.17. The molecule has 0 aromatic heterocycles. The van der Waals surface area contributed by atoms with Crippen LogP contribution in [0, 0.1) is 11.6 Å². The second-order valence-electron chi connectivity index (χ2n) is 3.79. The zero-order valence-electron chi connectivity index (χ0n) is 10.3. The predicted octanol–water partition coefficient (Wildman–Crippen LogP) is 4.20. The summed E-state index contributed by atoms with van der Waals surface area (Å²) in [6.45, 7) is 0. The van der Waals surface area contributed by atoms with Gasteiger partial charge in [-0.2, -0.15) is 4.39 Å². The molecule has 0 aliphatic rings. The Morgan fingerprint density at radius 1 is 1.15 bits per heavy atom. The minimum absolute atomic E-state index is 0.0173. The van der Waals surface area contributed by atoms with Gasteiger partial charge in [0.25, 0.3) is 0 Å². The molecule has 0 aliphatic carbocycles. The monoisotopic (exact) mass is 298 g/mol. The molecule has 6 heteroatoms. The fourth-order valence-electron chi connectivity index (χ4n) is 1.54. The largest absolute Gasteiger partial charge is 0.465 e. The van der Waals surface area contributed by atoms with E-state index in [9.17, 15) is 13.6 Å². The quantitative estimate of drug-likeness (QED) is 0.797. The third kappa shape index (κ3) is 2.88. The van der Waals surface area contributed by atoms with Crippen LogP contribution in [-0.4, -0.2) is 13.1 Å². The molecule has 0 radical (unpaired) electrons. The standard InChI is InChI=1S/C14H9ClF2O3/c1-19-14(18)9-7-8(15)5-6-11(9)20-12-4-2-3-10(16)13(12)17/h2-7H,1H3. The van der Waals surface area contributed by atoms with Gasteiger partial charge in [0.1, 0.15) is 11.3 Å². The molecule has 0 spiro atoms. The van der Waals surface area contributed by atoms with Crippen molar-refractivity contribution in [1.82, 2.24) is 0 Å². The lowest BCUT2D eigenvalue weighted by Crippen LogP contribution is -2.04. The first-order valence-corrected chi connectivity index (χ1v) is 5.90. The molecule has 0 unspecified atom stereocenters. The van der Waals surface area contributed by atoms with Crippen molar-refractivity contribution in [3.8, 4) is 11.5 Å². The van der Waals surface area contributed by atoms with Gasteiger partial charge in [0, 0.05) is 5.02 Å². The molecule has 104 valence electrons. The van der Waals surface area contributed by atoms with E-state index < -0.39 is 17.6 Å². The van der Waals surface area contributed by atoms with Crippen molar-refractivity contribution in [2.24, 2.45) is 0 Å². The molecule has 2 aromatic rings. The van der Waals surface area contributed by atoms with Gasteiger partial charge in [-0.05, 0) is 30.3 Å². The lowest BCUT2D eigenvalue weighted by molar-refractivity contribution is 0.0598. The van der Waals surface area contributed by atoms with Crippen LogP contribution in [0.4, 0.5) is 8.78 Å². The molecular formula is C14H9ClF2O3. The van der Waals surface area contributed by atoms with E-state index in [4.69, 9.17) is 16.3 Å². The molecule has 3 nitrogen and oxygen atoms in total. The second-order valence-corrected chi connectivity index (χ2v) is 4.22. The average molecular weight is 299 g/mol. The predicted molar refractivity (Wildman–Crippen MR) is 69.2 cm³/mol. The SMILES string of the molecule is COC(=O)c1cc(Cl)ccc1Oc1cccc(F)c1F. The smallest absolute Gasteiger partial charge is 0.341 e. The Hall–Kier alpha value is -2.14. The van der Waals surface area contributed by atoms with Gasteiger partial charge >= 0.3 is 5.97 Å². The number of rotatable bonds is 3. The van der Waals surface area contributed by atoms with Crippen molar-refractivity contribution in [2.75, 3.05) is 7.11 Å². The van der Waals surface area contributed by atoms with Crippen LogP contribution in [0.15, 0.2) is 36.4 Å². The molecule has 0 saturated carbocycles. The minimum Gasteiger partial charge on any atom is -0.465 e. The number of ether oxygens (including phenoxy) is 2. The van der Waals surface area contributed by atoms with E-state index in [0.29, 0.717) is 0 Å². The maximum Gasteiger partial charge on any atom is 0.341 e. The van der Waals surface area contributed by atoms with Crippen molar-refractivity contribution in [1.29, 1.82) is 0 Å². The Kier molecular flexibility index (Phi) is 4.20. The van der Waals surface area contributed by atoms with E-state index >= 15 is 0 Å². The van der Waals surface area contributed by atoms with Crippen LogP contribution in [0.2, 0.25) is 5.02 Å². The molecule has 0 amide bonds. The average Bonchev–Trinajstić information content (AvgIpc) is 2.44. The van der Waals surface area contributed by atoms with Gasteiger partial charge < -0.3 is 9.47 Å². The van der Waals surface area contributed by atoms with Gasteiger partial charge in [0.2, 0.25) is 5.82 Å². The summed E-state index contributed by atoms with van der Waals surface area (Å²) in [7, 11) is 1.19. The van der Waals surface area contributed by atoms with Crippen LogP contribution in [0.5, 0.6) is 11.5 Å². The van der Waals surface area contributed by atoms with Gasteiger partial charge in [-0.1, -0.05) is 17.7 Å². The molecular weight excluding hydrogens is 290 g/mol. The van der Waals surface area contributed by atoms with Crippen LogP contribution in [-0.2, 0) is 4.74 Å². The minimum atomic E-state index is -1.14. The van der Waals surface area contributed by atoms with Gasteiger partial charge in [-0.3, -0.25) is 0 Å². The first-order valence-electron chi connectivity index (χ1n) is 5.52. The van der Waals surface area contributed by atoms with Crippen molar-refractivity contribution >= 4 is 17.6 Å². The highest BCUT2D eigenvalue weighted by molar-refractivity contribution is 6.31. The number of halogens is 3. The zero-order valence-corrected chi connectivity index (χ0v) is 11.1. The normalized spacial score (nSPS) is 10.2. The number of hydrogen-bond acceptors (Lipinski definition) is 3. The second kappa shape index (κ2) is 5.88. The van der Waals surface area contributed by atoms with Crippen molar-refractivity contribution < 1.29 is 23.0 Å². The third-order valence-electron chi connectivity index (χ3n) is 2.48. The molecule has 0 N–H and O–H groups in total. The number of hydrogen-bond donors (Lipinski definition) is 0. The van der Waals surface area contributed by atoms with Crippen LogP contribution in [0.3, 0.4) is 0 Å². The van der Waals surface area contributed by atoms with E-state index in [0.717, 1.165) is 6.07 Å². The van der Waals surface area contributed by atoms with Crippen molar-refractivity contribution in [3.63, 3.8) is 0 Å². The lowest BCUT2D eigenvalue weighted by Gasteiger charge is -2.11. The number of methoxy groups -OCH3 is 1. The summed E-state index contributed by atoms with van der Waals surface area (Å²) in [5.74, 6) is -3.20. The Balaban J connectivity index is 2.43. The molecule has 0 fully saturated rings. The number of benzene rings is 2. The van der Waals surface area contributed by atoms with E-state index in [2.05, 4.69) is 4.74 Å².